The maximum atomic E-state index is 12.6. The lowest BCUT2D eigenvalue weighted by Gasteiger charge is -2.59. The van der Waals surface area contributed by atoms with Crippen molar-refractivity contribution in [1.82, 2.24) is 5.32 Å². The number of amides is 1. The number of hydrogen-bond donors (Lipinski definition) is 4. The molecule has 1 aliphatic heterocycles. The van der Waals surface area contributed by atoms with Crippen LogP contribution in [0.4, 0.5) is 0 Å². The molecule has 4 N–H and O–H groups in total. The van der Waals surface area contributed by atoms with E-state index in [0.29, 0.717) is 30.1 Å². The molecule has 1 fully saturated rings. The summed E-state index contributed by atoms with van der Waals surface area (Å²) in [6.07, 6.45) is 2.18. The molecule has 1 aromatic carbocycles. The number of nitrogens with one attached hydrogen (secondary N) is 1. The van der Waals surface area contributed by atoms with Crippen LogP contribution < -0.4 is 14.8 Å². The summed E-state index contributed by atoms with van der Waals surface area (Å²) in [5.74, 6) is -1.16. The average molecular weight is 488 g/mol. The Hall–Kier alpha value is -3.11. The molecule has 0 aromatic heterocycles. The van der Waals surface area contributed by atoms with Crippen molar-refractivity contribution in [2.75, 3.05) is 13.7 Å². The summed E-state index contributed by atoms with van der Waals surface area (Å²) in [7, 11) is 1.57. The molecule has 10 nitrogen and oxygen atoms in total. The van der Waals surface area contributed by atoms with Gasteiger partial charge in [0.15, 0.2) is 23.7 Å². The Balaban J connectivity index is 1.34. The van der Waals surface area contributed by atoms with Crippen molar-refractivity contribution in [2.24, 2.45) is 5.92 Å². The van der Waals surface area contributed by atoms with Gasteiger partial charge in [0.05, 0.1) is 31.0 Å². The lowest BCUT2D eigenvalue weighted by molar-refractivity contribution is -0.160. The van der Waals surface area contributed by atoms with Gasteiger partial charge in [0.1, 0.15) is 5.76 Å². The van der Waals surface area contributed by atoms with E-state index in [9.17, 15) is 24.6 Å². The molecule has 0 radical (unpaired) electrons. The number of carbonyl (C=O) groups is 3. The molecule has 10 heteroatoms. The molecule has 5 atom stereocenters. The molecule has 1 spiro atoms. The van der Waals surface area contributed by atoms with Gasteiger partial charge in [-0.1, -0.05) is 12.5 Å². The predicted octanol–water partition coefficient (Wildman–Crippen LogP) is 0.954. The lowest BCUT2D eigenvalue weighted by Crippen LogP contribution is -2.67. The first kappa shape index (κ1) is 23.6. The molecule has 1 saturated carbocycles. The summed E-state index contributed by atoms with van der Waals surface area (Å²) in [6.45, 7) is -0.0713. The first-order chi connectivity index (χ1) is 16.7. The van der Waals surface area contributed by atoms with Crippen molar-refractivity contribution < 1.29 is 43.9 Å². The van der Waals surface area contributed by atoms with Crippen LogP contribution in [0.15, 0.2) is 24.0 Å². The highest BCUT2D eigenvalue weighted by Crippen LogP contribution is 2.67. The minimum absolute atomic E-state index is 0.0713. The van der Waals surface area contributed by atoms with E-state index in [1.807, 2.05) is 12.1 Å². The largest absolute Gasteiger partial charge is 0.493 e. The van der Waals surface area contributed by atoms with Crippen LogP contribution in [0.5, 0.6) is 11.5 Å². The van der Waals surface area contributed by atoms with Crippen molar-refractivity contribution in [3.63, 3.8) is 0 Å². The minimum Gasteiger partial charge on any atom is -0.493 e. The number of esters is 1. The number of aliphatic hydroxyl groups is 2. The quantitative estimate of drug-likeness (QED) is 0.393. The maximum absolute atomic E-state index is 12.6. The zero-order valence-electron chi connectivity index (χ0n) is 19.4. The summed E-state index contributed by atoms with van der Waals surface area (Å²) >= 11 is 0. The molecule has 0 saturated heterocycles. The van der Waals surface area contributed by atoms with Crippen LogP contribution in [0.3, 0.4) is 0 Å². The standard InChI is InChI=1S/C25H29NO9/c1-33-16-5-4-13-11-14-3-2-8-24-20(13)21(16)35-22(24)17(6-9-25(14,24)32)34-19(29)7-10-26-18(28)12-15(27)23(30)31/h4-6,14-15,22,27,32H,2-3,7-12H2,1H3,(H,26,28)(H,30,31)/t14-,15+,22+,24+,25-/m1/s1. The normalized spacial score (nSPS) is 30.3. The van der Waals surface area contributed by atoms with E-state index in [4.69, 9.17) is 19.3 Å². The van der Waals surface area contributed by atoms with Crippen LogP contribution in [0.25, 0.3) is 0 Å². The highest BCUT2D eigenvalue weighted by atomic mass is 16.6. The molecule has 188 valence electrons. The van der Waals surface area contributed by atoms with E-state index < -0.39 is 47.5 Å². The van der Waals surface area contributed by atoms with Crippen molar-refractivity contribution in [1.29, 1.82) is 0 Å². The van der Waals surface area contributed by atoms with Gasteiger partial charge in [-0.25, -0.2) is 4.79 Å². The second-order valence-electron chi connectivity index (χ2n) is 9.76. The van der Waals surface area contributed by atoms with E-state index in [-0.39, 0.29) is 18.9 Å². The number of aliphatic carboxylic acids is 1. The van der Waals surface area contributed by atoms with Gasteiger partial charge in [-0.3, -0.25) is 9.59 Å². The number of benzene rings is 1. The van der Waals surface area contributed by atoms with Gasteiger partial charge in [0, 0.05) is 12.1 Å². The zero-order chi connectivity index (χ0) is 25.0. The molecule has 1 aromatic rings. The van der Waals surface area contributed by atoms with E-state index >= 15 is 0 Å². The number of rotatable bonds is 8. The number of aliphatic hydroxyl groups excluding tert-OH is 1. The molecular formula is C25H29NO9. The maximum Gasteiger partial charge on any atom is 0.333 e. The Morgan fingerprint density at radius 3 is 2.86 bits per heavy atom. The van der Waals surface area contributed by atoms with Crippen LogP contribution in [0, 0.1) is 5.92 Å². The van der Waals surface area contributed by atoms with E-state index in [1.54, 1.807) is 13.2 Å². The van der Waals surface area contributed by atoms with Gasteiger partial charge in [-0.2, -0.15) is 0 Å². The fourth-order valence-electron chi connectivity index (χ4n) is 6.50. The first-order valence-corrected chi connectivity index (χ1v) is 11.9. The van der Waals surface area contributed by atoms with E-state index in [0.717, 1.165) is 30.4 Å². The Kier molecular flexibility index (Phi) is 5.76. The van der Waals surface area contributed by atoms with Crippen molar-refractivity contribution in [3.05, 3.63) is 35.1 Å². The third-order valence-electron chi connectivity index (χ3n) is 8.01. The third-order valence-corrected chi connectivity index (χ3v) is 8.01. The van der Waals surface area contributed by atoms with Crippen LogP contribution >= 0.6 is 0 Å². The fourth-order valence-corrected chi connectivity index (χ4v) is 6.50. The lowest BCUT2D eigenvalue weighted by atomic mass is 9.47. The summed E-state index contributed by atoms with van der Waals surface area (Å²) in [4.78, 5) is 35.0. The van der Waals surface area contributed by atoms with Crippen LogP contribution in [0.1, 0.15) is 49.7 Å². The number of carbonyl (C=O) groups excluding carboxylic acids is 2. The second kappa shape index (κ2) is 8.53. The third kappa shape index (κ3) is 3.49. The molecule has 0 unspecified atom stereocenters. The summed E-state index contributed by atoms with van der Waals surface area (Å²) in [5.41, 5.74) is 0.372. The zero-order valence-corrected chi connectivity index (χ0v) is 19.4. The van der Waals surface area contributed by atoms with E-state index in [2.05, 4.69) is 5.32 Å². The summed E-state index contributed by atoms with van der Waals surface area (Å²) in [5, 5.41) is 32.4. The van der Waals surface area contributed by atoms with Crippen molar-refractivity contribution >= 4 is 17.8 Å². The molecule has 3 aliphatic carbocycles. The number of carboxylic acid groups (broad SMARTS) is 1. The van der Waals surface area contributed by atoms with Crippen molar-refractivity contribution in [3.8, 4) is 11.5 Å². The van der Waals surface area contributed by atoms with Crippen LogP contribution in [-0.2, 0) is 31.0 Å². The van der Waals surface area contributed by atoms with E-state index in [1.165, 1.54) is 0 Å². The molecule has 4 aliphatic rings. The van der Waals surface area contributed by atoms with Gasteiger partial charge >= 0.3 is 11.9 Å². The number of methoxy groups -OCH3 is 1. The average Bonchev–Trinajstić information content (AvgIpc) is 3.15. The number of hydrogen-bond acceptors (Lipinski definition) is 8. The Bertz CT molecular complexity index is 1110. The topological polar surface area (TPSA) is 152 Å². The monoisotopic (exact) mass is 487 g/mol. The highest BCUT2D eigenvalue weighted by Gasteiger charge is 2.70. The number of carboxylic acids is 1. The SMILES string of the molecule is COc1ccc2c3c1O[C@H]1C(OC(=O)CCNC(=O)C[C@H](O)C(=O)O)=CC[C@@]4(O)[C@H](CCC[C@]314)C2. The Morgan fingerprint density at radius 1 is 1.31 bits per heavy atom. The first-order valence-electron chi connectivity index (χ1n) is 11.9. The predicted molar refractivity (Wildman–Crippen MR) is 120 cm³/mol. The van der Waals surface area contributed by atoms with Crippen LogP contribution in [0.2, 0.25) is 0 Å². The molecular weight excluding hydrogens is 458 g/mol. The fraction of sp³-hybridized carbons (Fsp3) is 0.560. The summed E-state index contributed by atoms with van der Waals surface area (Å²) < 4.78 is 17.7. The smallest absolute Gasteiger partial charge is 0.333 e. The molecule has 35 heavy (non-hydrogen) atoms. The molecule has 2 bridgehead atoms. The van der Waals surface area contributed by atoms with Gasteiger partial charge < -0.3 is 34.8 Å². The van der Waals surface area contributed by atoms with Gasteiger partial charge in [0.2, 0.25) is 5.91 Å². The minimum atomic E-state index is -1.80. The van der Waals surface area contributed by atoms with Crippen molar-refractivity contribution in [2.45, 2.75) is 68.2 Å². The van der Waals surface area contributed by atoms with Gasteiger partial charge in [-0.15, -0.1) is 0 Å². The van der Waals surface area contributed by atoms with Gasteiger partial charge in [0.25, 0.3) is 0 Å². The second-order valence-corrected chi connectivity index (χ2v) is 9.76. The molecule has 1 amide bonds. The summed E-state index contributed by atoms with van der Waals surface area (Å²) in [6, 6.07) is 3.92. The van der Waals surface area contributed by atoms with Crippen LogP contribution in [-0.4, -0.2) is 64.6 Å². The molecule has 1 heterocycles. The van der Waals surface area contributed by atoms with Gasteiger partial charge in [-0.05, 0) is 49.3 Å². The Morgan fingerprint density at radius 2 is 2.11 bits per heavy atom. The number of ether oxygens (including phenoxy) is 3. The Labute approximate surface area is 201 Å². The highest BCUT2D eigenvalue weighted by molar-refractivity contribution is 5.83. The molecule has 5 rings (SSSR count).